The molecule has 1 aromatic rings. The number of nitro groups is 1. The minimum absolute atomic E-state index is 0.168. The molecule has 0 saturated carbocycles. The van der Waals surface area contributed by atoms with Crippen molar-refractivity contribution in [3.63, 3.8) is 0 Å². The number of benzene rings is 1. The van der Waals surface area contributed by atoms with Crippen LogP contribution in [0.5, 0.6) is 0 Å². The average molecular weight is 338 g/mol. The van der Waals surface area contributed by atoms with Crippen LogP contribution >= 0.6 is 23.5 Å². The van der Waals surface area contributed by atoms with Crippen LogP contribution in [-0.4, -0.2) is 18.1 Å². The fourth-order valence-electron chi connectivity index (χ4n) is 1.35. The van der Waals surface area contributed by atoms with Gasteiger partial charge >= 0.3 is 7.60 Å². The predicted octanol–water partition coefficient (Wildman–Crippen LogP) is 3.25. The summed E-state index contributed by atoms with van der Waals surface area (Å²) in [6.07, 6.45) is 0. The van der Waals surface area contributed by atoms with Gasteiger partial charge in [0.25, 0.3) is 5.69 Å². The zero-order chi connectivity index (χ0) is 13.8. The molecule has 0 aliphatic carbocycles. The molecule has 0 unspecified atom stereocenters. The highest BCUT2D eigenvalue weighted by Gasteiger charge is 2.29. The van der Waals surface area contributed by atoms with E-state index in [-0.39, 0.29) is 24.2 Å². The molecule has 0 spiro atoms. The highest BCUT2D eigenvalue weighted by Crippen LogP contribution is 2.47. The van der Waals surface area contributed by atoms with Gasteiger partial charge < -0.3 is 9.05 Å². The summed E-state index contributed by atoms with van der Waals surface area (Å²) in [5.74, 6) is 0. The molecule has 6 nitrogen and oxygen atoms in total. The molecule has 100 valence electrons. The molecule has 0 fully saturated rings. The van der Waals surface area contributed by atoms with E-state index in [1.165, 1.54) is 18.2 Å². The Bertz CT molecular complexity index is 483. The van der Waals surface area contributed by atoms with Crippen molar-refractivity contribution in [2.75, 3.05) is 13.2 Å². The van der Waals surface area contributed by atoms with Crippen molar-refractivity contribution in [3.8, 4) is 0 Å². The number of nitro benzene ring substituents is 1. The summed E-state index contributed by atoms with van der Waals surface area (Å²) in [5, 5.41) is 10.9. The Morgan fingerprint density at radius 1 is 1.28 bits per heavy atom. The summed E-state index contributed by atoms with van der Waals surface area (Å²) in [6.45, 7) is 3.74. The molecule has 1 rings (SSSR count). The highest BCUT2D eigenvalue weighted by atomic mass is 79.9. The number of halogens is 1. The summed E-state index contributed by atoms with van der Waals surface area (Å²) in [7, 11) is -3.50. The molecule has 0 radical (unpaired) electrons. The Morgan fingerprint density at radius 2 is 1.83 bits per heavy atom. The molecule has 0 aliphatic heterocycles. The second-order valence-electron chi connectivity index (χ2n) is 3.26. The second-order valence-corrected chi connectivity index (χ2v) is 6.20. The van der Waals surface area contributed by atoms with E-state index in [1.54, 1.807) is 13.8 Å². The molecule has 0 atom stereocenters. The molecule has 0 amide bonds. The van der Waals surface area contributed by atoms with Gasteiger partial charge in [-0.05, 0) is 19.9 Å². The van der Waals surface area contributed by atoms with Crippen LogP contribution in [0.15, 0.2) is 22.7 Å². The third-order valence-corrected chi connectivity index (χ3v) is 4.54. The lowest BCUT2D eigenvalue weighted by atomic mass is 10.3. The average Bonchev–Trinajstić information content (AvgIpc) is 2.28. The van der Waals surface area contributed by atoms with E-state index in [4.69, 9.17) is 9.05 Å². The Morgan fingerprint density at radius 3 is 2.28 bits per heavy atom. The van der Waals surface area contributed by atoms with E-state index < -0.39 is 12.5 Å². The molecule has 1 aromatic carbocycles. The Kier molecular flexibility index (Phi) is 5.47. The van der Waals surface area contributed by atoms with Crippen LogP contribution in [0.3, 0.4) is 0 Å². The van der Waals surface area contributed by atoms with Crippen LogP contribution < -0.4 is 5.30 Å². The maximum atomic E-state index is 12.5. The normalized spacial score (nSPS) is 11.5. The third kappa shape index (κ3) is 3.62. The maximum Gasteiger partial charge on any atom is 0.361 e. The highest BCUT2D eigenvalue weighted by molar-refractivity contribution is 9.10. The fraction of sp³-hybridized carbons (Fsp3) is 0.400. The molecule has 0 heterocycles. The molecule has 18 heavy (non-hydrogen) atoms. The van der Waals surface area contributed by atoms with Crippen LogP contribution in [0, 0.1) is 10.1 Å². The minimum Gasteiger partial charge on any atom is -0.305 e. The van der Waals surface area contributed by atoms with E-state index in [1.807, 2.05) is 0 Å². The first-order chi connectivity index (χ1) is 8.42. The fourth-order valence-corrected chi connectivity index (χ4v) is 3.65. The molecule has 8 heteroatoms. The number of hydrogen-bond donors (Lipinski definition) is 0. The van der Waals surface area contributed by atoms with Gasteiger partial charge in [-0.25, -0.2) is 0 Å². The van der Waals surface area contributed by atoms with Gasteiger partial charge in [0.2, 0.25) is 0 Å². The lowest BCUT2D eigenvalue weighted by Crippen LogP contribution is -2.11. The van der Waals surface area contributed by atoms with Crippen molar-refractivity contribution >= 4 is 34.5 Å². The summed E-state index contributed by atoms with van der Waals surface area (Å²) in [6, 6.07) is 4.03. The lowest BCUT2D eigenvalue weighted by Gasteiger charge is -2.17. The van der Waals surface area contributed by atoms with E-state index >= 15 is 0 Å². The van der Waals surface area contributed by atoms with E-state index in [0.29, 0.717) is 4.47 Å². The quantitative estimate of drug-likeness (QED) is 0.452. The number of non-ortho nitro benzene ring substituents is 1. The molecule has 0 aromatic heterocycles. The van der Waals surface area contributed by atoms with Gasteiger partial charge in [-0.15, -0.1) is 0 Å². The molecular weight excluding hydrogens is 325 g/mol. The zero-order valence-electron chi connectivity index (χ0n) is 9.96. The monoisotopic (exact) mass is 337 g/mol. The van der Waals surface area contributed by atoms with Crippen LogP contribution in [0.2, 0.25) is 0 Å². The molecule has 0 N–H and O–H groups in total. The SMILES string of the molecule is CCOP(=O)(OCC)c1cc(Br)cc([N+](=O)[O-])c1. The van der Waals surface area contributed by atoms with Crippen molar-refractivity contribution < 1.29 is 18.5 Å². The van der Waals surface area contributed by atoms with Crippen LogP contribution in [0.4, 0.5) is 5.69 Å². The van der Waals surface area contributed by atoms with Crippen molar-refractivity contribution in [2.24, 2.45) is 0 Å². The van der Waals surface area contributed by atoms with Gasteiger partial charge in [-0.3, -0.25) is 14.7 Å². The van der Waals surface area contributed by atoms with Crippen LogP contribution in [0.1, 0.15) is 13.8 Å². The summed E-state index contributed by atoms with van der Waals surface area (Å²) in [4.78, 5) is 10.2. The second kappa shape index (κ2) is 6.43. The van der Waals surface area contributed by atoms with Crippen molar-refractivity contribution in [1.82, 2.24) is 0 Å². The smallest absolute Gasteiger partial charge is 0.305 e. The molecular formula is C10H13BrNO5P. The standard InChI is InChI=1S/C10H13BrNO5P/c1-3-16-18(15,17-4-2)10-6-8(11)5-9(7-10)12(13)14/h5-7H,3-4H2,1-2H3. The van der Waals surface area contributed by atoms with Crippen molar-refractivity contribution in [3.05, 3.63) is 32.8 Å². The van der Waals surface area contributed by atoms with Crippen molar-refractivity contribution in [2.45, 2.75) is 13.8 Å². The molecule has 0 aliphatic rings. The van der Waals surface area contributed by atoms with Crippen LogP contribution in [0.25, 0.3) is 0 Å². The summed E-state index contributed by atoms with van der Waals surface area (Å²) < 4.78 is 23.2. The first-order valence-corrected chi connectivity index (χ1v) is 7.61. The van der Waals surface area contributed by atoms with Crippen LogP contribution in [-0.2, 0) is 13.6 Å². The van der Waals surface area contributed by atoms with Gasteiger partial charge in [0.05, 0.1) is 23.4 Å². The van der Waals surface area contributed by atoms with E-state index in [2.05, 4.69) is 15.9 Å². The van der Waals surface area contributed by atoms with Gasteiger partial charge in [-0.1, -0.05) is 15.9 Å². The van der Waals surface area contributed by atoms with Gasteiger partial charge in [-0.2, -0.15) is 0 Å². The Labute approximate surface area is 113 Å². The number of hydrogen-bond acceptors (Lipinski definition) is 5. The molecule has 0 bridgehead atoms. The first kappa shape index (κ1) is 15.3. The van der Waals surface area contributed by atoms with Crippen molar-refractivity contribution in [1.29, 1.82) is 0 Å². The number of nitrogens with zero attached hydrogens (tertiary/aromatic N) is 1. The van der Waals surface area contributed by atoms with E-state index in [0.717, 1.165) is 0 Å². The Balaban J connectivity index is 3.28. The zero-order valence-corrected chi connectivity index (χ0v) is 12.4. The van der Waals surface area contributed by atoms with Gasteiger partial charge in [0.15, 0.2) is 0 Å². The maximum absolute atomic E-state index is 12.5. The first-order valence-electron chi connectivity index (χ1n) is 5.27. The molecule has 0 saturated heterocycles. The summed E-state index contributed by atoms with van der Waals surface area (Å²) in [5.41, 5.74) is -0.168. The van der Waals surface area contributed by atoms with Gasteiger partial charge in [0, 0.05) is 16.6 Å². The third-order valence-electron chi connectivity index (χ3n) is 1.99. The largest absolute Gasteiger partial charge is 0.361 e. The lowest BCUT2D eigenvalue weighted by molar-refractivity contribution is -0.384. The van der Waals surface area contributed by atoms with Gasteiger partial charge in [0.1, 0.15) is 0 Å². The predicted molar refractivity (Wildman–Crippen MR) is 71.3 cm³/mol. The summed E-state index contributed by atoms with van der Waals surface area (Å²) >= 11 is 3.14. The topological polar surface area (TPSA) is 78.7 Å². The Hall–Kier alpha value is -0.750. The van der Waals surface area contributed by atoms with E-state index in [9.17, 15) is 14.7 Å². The number of rotatable bonds is 6. The minimum atomic E-state index is -3.50.